The van der Waals surface area contributed by atoms with Crippen LogP contribution in [0.1, 0.15) is 58.1 Å². The van der Waals surface area contributed by atoms with Crippen molar-refractivity contribution in [2.45, 2.75) is 76.2 Å². The van der Waals surface area contributed by atoms with E-state index in [1.54, 1.807) is 35.2 Å². The van der Waals surface area contributed by atoms with Gasteiger partial charge in [0.15, 0.2) is 23.2 Å². The smallest absolute Gasteiger partial charge is 0.349 e. The van der Waals surface area contributed by atoms with E-state index in [-0.39, 0.29) is 21.8 Å². The van der Waals surface area contributed by atoms with E-state index in [4.69, 9.17) is 13.6 Å². The number of benzene rings is 1. The highest BCUT2D eigenvalue weighted by molar-refractivity contribution is 6.73. The number of hydrogen-bond donors (Lipinski definition) is 2. The molecule has 4 heterocycles. The minimum atomic E-state index is -2.78. The lowest BCUT2D eigenvalue weighted by Crippen LogP contribution is -2.65. The molecule has 192 valence electrons. The molecule has 0 bridgehead atoms. The number of carbonyl (C=O) groups excluding carboxylic acids is 1. The lowest BCUT2D eigenvalue weighted by molar-refractivity contribution is -0.0795. The van der Waals surface area contributed by atoms with Gasteiger partial charge in [-0.3, -0.25) is 9.36 Å². The number of fused-ring (bicyclic) bond motifs is 2. The van der Waals surface area contributed by atoms with E-state index < -0.39 is 33.1 Å². The summed E-state index contributed by atoms with van der Waals surface area (Å²) < 4.78 is 21.1. The molecule has 36 heavy (non-hydrogen) atoms. The first-order chi connectivity index (χ1) is 16.9. The molecular weight excluding hydrogens is 478 g/mol. The van der Waals surface area contributed by atoms with Gasteiger partial charge in [-0.15, -0.1) is 0 Å². The fraction of sp³-hybridized carbons (Fsp3) is 0.520. The predicted molar refractivity (Wildman–Crippen MR) is 136 cm³/mol. The first-order valence-electron chi connectivity index (χ1n) is 12.1. The van der Waals surface area contributed by atoms with Gasteiger partial charge in [0, 0.05) is 15.6 Å². The van der Waals surface area contributed by atoms with E-state index in [9.17, 15) is 9.90 Å². The summed E-state index contributed by atoms with van der Waals surface area (Å²) in [5.74, 6) is -0.0199. The van der Waals surface area contributed by atoms with E-state index in [2.05, 4.69) is 61.8 Å². The third-order valence-corrected chi connectivity index (χ3v) is 12.1. The molecule has 1 amide bonds. The van der Waals surface area contributed by atoms with E-state index in [0.29, 0.717) is 23.3 Å². The van der Waals surface area contributed by atoms with Gasteiger partial charge in [0.2, 0.25) is 0 Å². The molecule has 0 aliphatic carbocycles. The molecule has 11 heteroatoms. The molecule has 2 aromatic heterocycles. The van der Waals surface area contributed by atoms with Gasteiger partial charge in [0.25, 0.3) is 5.91 Å². The van der Waals surface area contributed by atoms with Crippen molar-refractivity contribution >= 4 is 31.4 Å². The maximum absolute atomic E-state index is 12.7. The van der Waals surface area contributed by atoms with Gasteiger partial charge in [-0.25, -0.2) is 15.0 Å². The summed E-state index contributed by atoms with van der Waals surface area (Å²) in [6.45, 7) is 13.2. The lowest BCUT2D eigenvalue weighted by Gasteiger charge is -2.53. The minimum absolute atomic E-state index is 0.213. The number of ether oxygens (including phenoxy) is 1. The molecule has 5 rings (SSSR count). The summed E-state index contributed by atoms with van der Waals surface area (Å²) >= 11 is 0. The Bertz CT molecular complexity index is 1260. The maximum Gasteiger partial charge on any atom is 0.349 e. The minimum Gasteiger partial charge on any atom is -0.391 e. The van der Waals surface area contributed by atoms with Crippen LogP contribution < -0.4 is 5.32 Å². The number of amides is 1. The van der Waals surface area contributed by atoms with Crippen LogP contribution in [0.2, 0.25) is 10.1 Å². The van der Waals surface area contributed by atoms with E-state index >= 15 is 0 Å². The topological polar surface area (TPSA) is 121 Å². The van der Waals surface area contributed by atoms with Crippen molar-refractivity contribution in [3.05, 3.63) is 48.5 Å². The summed E-state index contributed by atoms with van der Waals surface area (Å²) in [5.41, 5.74) is 1.34. The van der Waals surface area contributed by atoms with E-state index in [0.717, 1.165) is 0 Å². The monoisotopic (exact) mass is 511 g/mol. The predicted octanol–water partition coefficient (Wildman–Crippen LogP) is 3.79. The molecule has 0 unspecified atom stereocenters. The Morgan fingerprint density at radius 1 is 1.08 bits per heavy atom. The fourth-order valence-electron chi connectivity index (χ4n) is 5.46. The van der Waals surface area contributed by atoms with Gasteiger partial charge in [-0.1, -0.05) is 59.7 Å². The van der Waals surface area contributed by atoms with Gasteiger partial charge in [-0.05, 0) is 12.1 Å². The van der Waals surface area contributed by atoms with Crippen molar-refractivity contribution in [2.24, 2.45) is 0 Å². The van der Waals surface area contributed by atoms with Gasteiger partial charge in [0.05, 0.1) is 12.9 Å². The average molecular weight is 512 g/mol. The van der Waals surface area contributed by atoms with Gasteiger partial charge in [0.1, 0.15) is 24.6 Å². The Labute approximate surface area is 211 Å². The molecule has 2 N–H and O–H groups in total. The van der Waals surface area contributed by atoms with Crippen LogP contribution in [0.15, 0.2) is 43.0 Å². The van der Waals surface area contributed by atoms with Crippen molar-refractivity contribution in [2.75, 3.05) is 11.9 Å². The normalized spacial score (nSPS) is 26.1. The highest BCUT2D eigenvalue weighted by Gasteiger charge is 2.65. The molecule has 10 nitrogen and oxygen atoms in total. The van der Waals surface area contributed by atoms with Crippen molar-refractivity contribution in [3.63, 3.8) is 0 Å². The van der Waals surface area contributed by atoms with Crippen LogP contribution in [0, 0.1) is 0 Å². The van der Waals surface area contributed by atoms with Crippen LogP contribution in [0.3, 0.4) is 0 Å². The second-order valence-electron chi connectivity index (χ2n) is 11.4. The summed E-state index contributed by atoms with van der Waals surface area (Å²) in [6, 6.07) is 8.87. The molecule has 0 saturated carbocycles. The number of aromatic nitrogens is 4. The Morgan fingerprint density at radius 3 is 2.44 bits per heavy atom. The van der Waals surface area contributed by atoms with Crippen LogP contribution in [0.5, 0.6) is 0 Å². The van der Waals surface area contributed by atoms with Crippen LogP contribution in [-0.2, 0) is 13.6 Å². The largest absolute Gasteiger partial charge is 0.391 e. The van der Waals surface area contributed by atoms with Crippen molar-refractivity contribution in [3.8, 4) is 0 Å². The number of imidazole rings is 1. The molecule has 0 radical (unpaired) electrons. The number of aliphatic hydroxyl groups is 1. The molecule has 3 aromatic rings. The lowest BCUT2D eigenvalue weighted by atomic mass is 10.1. The summed E-state index contributed by atoms with van der Waals surface area (Å²) in [6.07, 6.45) is 0.210. The quantitative estimate of drug-likeness (QED) is 0.510. The van der Waals surface area contributed by atoms with Crippen molar-refractivity contribution in [1.29, 1.82) is 0 Å². The van der Waals surface area contributed by atoms with Gasteiger partial charge >= 0.3 is 8.56 Å². The van der Waals surface area contributed by atoms with E-state index in [1.165, 1.54) is 6.33 Å². The molecular formula is C25H33N5O5Si. The number of rotatable bonds is 3. The molecule has 1 aromatic carbocycles. The molecule has 4 atom stereocenters. The Hall–Kier alpha value is -2.70. The number of aliphatic hydroxyl groups excluding tert-OH is 1. The van der Waals surface area contributed by atoms with Crippen molar-refractivity contribution in [1.82, 2.24) is 19.5 Å². The van der Waals surface area contributed by atoms with Gasteiger partial charge < -0.3 is 24.0 Å². The molecule has 0 spiro atoms. The zero-order valence-corrected chi connectivity index (χ0v) is 22.4. The second-order valence-corrected chi connectivity index (χ2v) is 16.2. The molecule has 2 aliphatic heterocycles. The highest BCUT2D eigenvalue weighted by atomic mass is 28.4. The maximum atomic E-state index is 12.7. The molecule has 2 fully saturated rings. The zero-order chi connectivity index (χ0) is 25.9. The third kappa shape index (κ3) is 3.95. The third-order valence-electron chi connectivity index (χ3n) is 6.94. The Balaban J connectivity index is 1.43. The Morgan fingerprint density at radius 2 is 1.78 bits per heavy atom. The van der Waals surface area contributed by atoms with Crippen LogP contribution in [0.25, 0.3) is 11.2 Å². The molecule has 2 saturated heterocycles. The average Bonchev–Trinajstić information content (AvgIpc) is 3.39. The van der Waals surface area contributed by atoms with Crippen LogP contribution >= 0.6 is 0 Å². The standard InChI is InChI=1S/C25H33N5O5Si/c1-24(2,3)36(25(4,5)6)33-12-16-19(35-36)18(31)23(34-16)30-14-28-17-20(26-13-27-21(17)30)29-22(32)15-10-8-7-9-11-15/h7-11,13-14,16,18-19,23,31H,12H2,1-6H3,(H,26,27,29,32)/t16-,18-,19-,23-/m1/s1. The second kappa shape index (κ2) is 8.70. The first-order valence-corrected chi connectivity index (χ1v) is 13.9. The summed E-state index contributed by atoms with van der Waals surface area (Å²) in [4.78, 5) is 25.7. The fourth-order valence-corrected chi connectivity index (χ4v) is 10.4. The van der Waals surface area contributed by atoms with Crippen molar-refractivity contribution < 1.29 is 23.5 Å². The summed E-state index contributed by atoms with van der Waals surface area (Å²) in [7, 11) is -2.78. The molecule has 2 aliphatic rings. The number of hydrogen-bond acceptors (Lipinski definition) is 8. The SMILES string of the molecule is CC(C)(C)[Si]1(C(C)(C)C)OC[C@H]2O[C@@H](n3cnc4c(NC(=O)c5ccccc5)ncnc43)[C@H](O)[C@@H]2O1. The highest BCUT2D eigenvalue weighted by Crippen LogP contribution is 2.55. The van der Waals surface area contributed by atoms with Crippen LogP contribution in [0.4, 0.5) is 5.82 Å². The van der Waals surface area contributed by atoms with Crippen LogP contribution in [-0.4, -0.2) is 64.0 Å². The number of nitrogens with zero attached hydrogens (tertiary/aromatic N) is 4. The first kappa shape index (κ1) is 25.0. The summed E-state index contributed by atoms with van der Waals surface area (Å²) in [5, 5.41) is 13.8. The number of nitrogens with one attached hydrogen (secondary N) is 1. The van der Waals surface area contributed by atoms with E-state index in [1.807, 2.05) is 6.07 Å². The zero-order valence-electron chi connectivity index (χ0n) is 21.4. The van der Waals surface area contributed by atoms with Gasteiger partial charge in [-0.2, -0.15) is 0 Å². The number of carbonyl (C=O) groups is 1. The number of anilines is 1. The Kier molecular flexibility index (Phi) is 6.03.